The number of rotatable bonds is 5. The molecule has 1 aromatic rings. The van der Waals surface area contributed by atoms with E-state index in [9.17, 15) is 14.7 Å². The summed E-state index contributed by atoms with van der Waals surface area (Å²) in [5.74, 6) is -0.519. The van der Waals surface area contributed by atoms with Crippen LogP contribution in [0.15, 0.2) is 24.3 Å². The molecule has 27 heavy (non-hydrogen) atoms. The van der Waals surface area contributed by atoms with E-state index < -0.39 is 23.3 Å². The molecule has 2 N–H and O–H groups in total. The Hall–Kier alpha value is -2.44. The molecule has 1 aliphatic rings. The van der Waals surface area contributed by atoms with Crippen molar-refractivity contribution >= 4 is 17.7 Å². The van der Waals surface area contributed by atoms with E-state index in [1.54, 1.807) is 6.07 Å². The lowest BCUT2D eigenvalue weighted by molar-refractivity contribution is -0.152. The van der Waals surface area contributed by atoms with Gasteiger partial charge in [0.25, 0.3) is 0 Å². The van der Waals surface area contributed by atoms with Crippen molar-refractivity contribution in [2.24, 2.45) is 0 Å². The van der Waals surface area contributed by atoms with Crippen LogP contribution in [0.25, 0.3) is 0 Å². The summed E-state index contributed by atoms with van der Waals surface area (Å²) in [5.41, 5.74) is -0.896. The number of piperidine rings is 1. The zero-order valence-corrected chi connectivity index (χ0v) is 16.7. The first-order valence-electron chi connectivity index (χ1n) is 9.23. The standard InChI is InChI=1S/C20H30N2O5/c1-19(2,3)27-18(25)21-14-8-7-11-22(13-14)15-9-6-10-16(12-15)26-20(4,5)17(23)24/h6,9-10,12,14H,7-8,11,13H2,1-5H3,(H,21,25)(H,23,24)/t14-/m0/s1. The number of alkyl carbamates (subject to hydrolysis) is 1. The van der Waals surface area contributed by atoms with Gasteiger partial charge in [-0.15, -0.1) is 0 Å². The number of anilines is 1. The summed E-state index contributed by atoms with van der Waals surface area (Å²) in [6.07, 6.45) is 1.42. The highest BCUT2D eigenvalue weighted by atomic mass is 16.6. The molecule has 0 unspecified atom stereocenters. The van der Waals surface area contributed by atoms with Crippen LogP contribution in [0.2, 0.25) is 0 Å². The number of benzene rings is 1. The summed E-state index contributed by atoms with van der Waals surface area (Å²) in [6, 6.07) is 7.37. The fourth-order valence-corrected chi connectivity index (χ4v) is 2.89. The van der Waals surface area contributed by atoms with Gasteiger partial charge in [0.05, 0.1) is 0 Å². The number of carboxylic acids is 1. The summed E-state index contributed by atoms with van der Waals surface area (Å²) in [5, 5.41) is 12.2. The largest absolute Gasteiger partial charge is 0.478 e. The van der Waals surface area contributed by atoms with Crippen molar-refractivity contribution < 1.29 is 24.2 Å². The minimum atomic E-state index is -1.30. The first-order chi connectivity index (χ1) is 12.5. The average Bonchev–Trinajstić information content (AvgIpc) is 2.53. The van der Waals surface area contributed by atoms with Crippen molar-refractivity contribution in [1.82, 2.24) is 5.32 Å². The molecule has 2 rings (SSSR count). The quantitative estimate of drug-likeness (QED) is 0.816. The highest BCUT2D eigenvalue weighted by Crippen LogP contribution is 2.27. The molecule has 0 aromatic heterocycles. The molecule has 1 amide bonds. The predicted octanol–water partition coefficient (Wildman–Crippen LogP) is 3.42. The number of nitrogens with one attached hydrogen (secondary N) is 1. The molecular formula is C20H30N2O5. The van der Waals surface area contributed by atoms with Crippen LogP contribution in [0.3, 0.4) is 0 Å². The summed E-state index contributed by atoms with van der Waals surface area (Å²) >= 11 is 0. The van der Waals surface area contributed by atoms with Gasteiger partial charge in [0.1, 0.15) is 11.4 Å². The maximum absolute atomic E-state index is 12.0. The number of carboxylic acid groups (broad SMARTS) is 1. The van der Waals surface area contributed by atoms with Crippen molar-refractivity contribution in [3.05, 3.63) is 24.3 Å². The third-order valence-electron chi connectivity index (χ3n) is 4.21. The molecule has 0 bridgehead atoms. The Bertz CT molecular complexity index is 681. The summed E-state index contributed by atoms with van der Waals surface area (Å²) in [7, 11) is 0. The van der Waals surface area contributed by atoms with E-state index in [0.29, 0.717) is 12.3 Å². The van der Waals surface area contributed by atoms with Gasteiger partial charge < -0.3 is 24.8 Å². The Labute approximate surface area is 160 Å². The monoisotopic (exact) mass is 378 g/mol. The van der Waals surface area contributed by atoms with Crippen molar-refractivity contribution in [2.75, 3.05) is 18.0 Å². The predicted molar refractivity (Wildman–Crippen MR) is 103 cm³/mol. The Balaban J connectivity index is 2.02. The van der Waals surface area contributed by atoms with Crippen LogP contribution in [0.5, 0.6) is 5.75 Å². The van der Waals surface area contributed by atoms with Gasteiger partial charge in [-0.3, -0.25) is 0 Å². The highest BCUT2D eigenvalue weighted by molar-refractivity contribution is 5.76. The van der Waals surface area contributed by atoms with Gasteiger partial charge in [0.15, 0.2) is 5.60 Å². The van der Waals surface area contributed by atoms with E-state index in [4.69, 9.17) is 9.47 Å². The van der Waals surface area contributed by atoms with Gasteiger partial charge in [-0.05, 0) is 59.6 Å². The summed E-state index contributed by atoms with van der Waals surface area (Å²) in [4.78, 5) is 25.4. The smallest absolute Gasteiger partial charge is 0.407 e. The first kappa shape index (κ1) is 20.9. The van der Waals surface area contributed by atoms with E-state index in [1.807, 2.05) is 39.0 Å². The SMILES string of the molecule is CC(C)(C)OC(=O)N[C@H]1CCCN(c2cccc(OC(C)(C)C(=O)O)c2)C1. The Morgan fingerprint density at radius 1 is 1.22 bits per heavy atom. The molecule has 0 radical (unpaired) electrons. The molecule has 1 fully saturated rings. The molecule has 7 nitrogen and oxygen atoms in total. The molecule has 1 aliphatic heterocycles. The van der Waals surface area contributed by atoms with Gasteiger partial charge >= 0.3 is 12.1 Å². The fourth-order valence-electron chi connectivity index (χ4n) is 2.89. The number of amides is 1. The minimum Gasteiger partial charge on any atom is -0.478 e. The number of hydrogen-bond donors (Lipinski definition) is 2. The van der Waals surface area contributed by atoms with Crippen LogP contribution in [0, 0.1) is 0 Å². The average molecular weight is 378 g/mol. The normalized spacial score (nSPS) is 18.0. The number of carbonyl (C=O) groups excluding carboxylic acids is 1. The van der Waals surface area contributed by atoms with Gasteiger partial charge in [0.2, 0.25) is 0 Å². The molecule has 0 saturated carbocycles. The van der Waals surface area contributed by atoms with E-state index in [0.717, 1.165) is 25.1 Å². The summed E-state index contributed by atoms with van der Waals surface area (Å²) in [6.45, 7) is 10.1. The van der Waals surface area contributed by atoms with E-state index in [1.165, 1.54) is 13.8 Å². The van der Waals surface area contributed by atoms with Crippen molar-refractivity contribution in [3.8, 4) is 5.75 Å². The van der Waals surface area contributed by atoms with Crippen LogP contribution >= 0.6 is 0 Å². The Morgan fingerprint density at radius 3 is 2.56 bits per heavy atom. The molecule has 1 aromatic carbocycles. The number of aliphatic carboxylic acids is 1. The maximum atomic E-state index is 12.0. The number of hydrogen-bond acceptors (Lipinski definition) is 5. The molecule has 0 aliphatic carbocycles. The highest BCUT2D eigenvalue weighted by Gasteiger charge is 2.30. The topological polar surface area (TPSA) is 88.1 Å². The van der Waals surface area contributed by atoms with Crippen LogP contribution in [0.1, 0.15) is 47.5 Å². The zero-order chi connectivity index (χ0) is 20.2. The number of nitrogens with zero attached hydrogens (tertiary/aromatic N) is 1. The third kappa shape index (κ3) is 6.34. The van der Waals surface area contributed by atoms with Crippen LogP contribution < -0.4 is 15.0 Å². The lowest BCUT2D eigenvalue weighted by atomic mass is 10.0. The van der Waals surface area contributed by atoms with Gasteiger partial charge in [-0.25, -0.2) is 9.59 Å². The number of carbonyl (C=O) groups is 2. The van der Waals surface area contributed by atoms with Gasteiger partial charge in [-0.1, -0.05) is 6.07 Å². The molecule has 7 heteroatoms. The lowest BCUT2D eigenvalue weighted by Crippen LogP contribution is -2.49. The minimum absolute atomic E-state index is 0.00589. The van der Waals surface area contributed by atoms with Crippen LogP contribution in [0.4, 0.5) is 10.5 Å². The molecule has 1 heterocycles. The van der Waals surface area contributed by atoms with Crippen molar-refractivity contribution in [1.29, 1.82) is 0 Å². The Kier molecular flexibility index (Phi) is 6.23. The second-order valence-electron chi connectivity index (χ2n) is 8.35. The first-order valence-corrected chi connectivity index (χ1v) is 9.23. The second kappa shape index (κ2) is 8.06. The van der Waals surface area contributed by atoms with E-state index >= 15 is 0 Å². The zero-order valence-electron chi connectivity index (χ0n) is 16.7. The second-order valence-corrected chi connectivity index (χ2v) is 8.35. The van der Waals surface area contributed by atoms with Gasteiger partial charge in [-0.2, -0.15) is 0 Å². The molecule has 1 saturated heterocycles. The third-order valence-corrected chi connectivity index (χ3v) is 4.21. The van der Waals surface area contributed by atoms with Gasteiger partial charge in [0, 0.05) is 30.9 Å². The molecule has 150 valence electrons. The van der Waals surface area contributed by atoms with E-state index in [2.05, 4.69) is 10.2 Å². The molecule has 0 spiro atoms. The fraction of sp³-hybridized carbons (Fsp3) is 0.600. The lowest BCUT2D eigenvalue weighted by Gasteiger charge is -2.35. The number of ether oxygens (including phenoxy) is 2. The maximum Gasteiger partial charge on any atom is 0.407 e. The van der Waals surface area contributed by atoms with Crippen molar-refractivity contribution in [3.63, 3.8) is 0 Å². The van der Waals surface area contributed by atoms with Crippen LogP contribution in [-0.4, -0.2) is 47.5 Å². The van der Waals surface area contributed by atoms with E-state index in [-0.39, 0.29) is 6.04 Å². The van der Waals surface area contributed by atoms with Crippen molar-refractivity contribution in [2.45, 2.75) is 64.7 Å². The summed E-state index contributed by atoms with van der Waals surface area (Å²) < 4.78 is 11.0. The molecule has 1 atom stereocenters. The van der Waals surface area contributed by atoms with Crippen LogP contribution in [-0.2, 0) is 9.53 Å². The Morgan fingerprint density at radius 2 is 1.93 bits per heavy atom. The molecular weight excluding hydrogens is 348 g/mol.